The van der Waals surface area contributed by atoms with Crippen LogP contribution in [0, 0.1) is 11.8 Å². The van der Waals surface area contributed by atoms with Gasteiger partial charge in [0.1, 0.15) is 0 Å². The number of carboxylic acids is 1. The Labute approximate surface area is 110 Å². The van der Waals surface area contributed by atoms with E-state index in [0.717, 1.165) is 12.8 Å². The summed E-state index contributed by atoms with van der Waals surface area (Å²) in [4.78, 5) is 22.8. The minimum atomic E-state index is -1.11. The number of hydrogen-bond donors (Lipinski definition) is 2. The van der Waals surface area contributed by atoms with E-state index in [1.807, 2.05) is 6.92 Å². The zero-order chi connectivity index (χ0) is 13.3. The summed E-state index contributed by atoms with van der Waals surface area (Å²) < 4.78 is 0. The van der Waals surface area contributed by atoms with Gasteiger partial charge in [-0.1, -0.05) is 18.5 Å². The number of carbonyl (C=O) groups is 2. The van der Waals surface area contributed by atoms with E-state index < -0.39 is 5.97 Å². The highest BCUT2D eigenvalue weighted by Gasteiger charge is 2.32. The van der Waals surface area contributed by atoms with Gasteiger partial charge in [-0.05, 0) is 37.0 Å². The smallest absolute Gasteiger partial charge is 0.337 e. The van der Waals surface area contributed by atoms with Gasteiger partial charge in [-0.25, -0.2) is 4.79 Å². The molecule has 0 spiro atoms. The molecule has 2 rings (SSSR count). The number of carbonyl (C=O) groups excluding carboxylic acids is 1. The van der Waals surface area contributed by atoms with E-state index in [9.17, 15) is 9.59 Å². The summed E-state index contributed by atoms with van der Waals surface area (Å²) in [5.41, 5.74) is 0.461. The summed E-state index contributed by atoms with van der Waals surface area (Å²) in [6.45, 7) is 1.89. The minimum absolute atomic E-state index is 0.00598. The zero-order valence-corrected chi connectivity index (χ0v) is 10.7. The Morgan fingerprint density at radius 2 is 2.11 bits per heavy atom. The van der Waals surface area contributed by atoms with Gasteiger partial charge in [-0.15, -0.1) is 0 Å². The first kappa shape index (κ1) is 12.9. The largest absolute Gasteiger partial charge is 0.478 e. The van der Waals surface area contributed by atoms with Crippen molar-refractivity contribution in [2.45, 2.75) is 19.8 Å². The summed E-state index contributed by atoms with van der Waals surface area (Å²) >= 11 is 5.76. The van der Waals surface area contributed by atoms with Gasteiger partial charge in [0.2, 0.25) is 5.91 Å². The number of nitrogens with one attached hydrogen (secondary N) is 1. The van der Waals surface area contributed by atoms with Crippen molar-refractivity contribution in [3.63, 3.8) is 0 Å². The summed E-state index contributed by atoms with van der Waals surface area (Å²) in [6, 6.07) is 4.46. The van der Waals surface area contributed by atoms with Crippen LogP contribution >= 0.6 is 11.6 Å². The third-order valence-corrected chi connectivity index (χ3v) is 3.54. The van der Waals surface area contributed by atoms with Crippen LogP contribution in [0.2, 0.25) is 5.02 Å². The molecular formula is C13H14ClNO3. The van der Waals surface area contributed by atoms with Gasteiger partial charge >= 0.3 is 5.97 Å². The van der Waals surface area contributed by atoms with Crippen LogP contribution in [0.5, 0.6) is 0 Å². The number of halogens is 1. The van der Waals surface area contributed by atoms with Crippen LogP contribution in [-0.2, 0) is 4.79 Å². The van der Waals surface area contributed by atoms with Gasteiger partial charge in [0, 0.05) is 11.6 Å². The Morgan fingerprint density at radius 1 is 1.44 bits per heavy atom. The van der Waals surface area contributed by atoms with Crippen LogP contribution in [0.4, 0.5) is 5.69 Å². The van der Waals surface area contributed by atoms with Crippen molar-refractivity contribution in [3.8, 4) is 0 Å². The van der Waals surface area contributed by atoms with Crippen molar-refractivity contribution >= 4 is 29.2 Å². The lowest BCUT2D eigenvalue weighted by molar-refractivity contribution is -0.119. The molecule has 1 aromatic rings. The molecule has 0 heterocycles. The number of carboxylic acid groups (broad SMARTS) is 1. The normalized spacial score (nSPS) is 16.1. The second kappa shape index (κ2) is 4.98. The van der Waals surface area contributed by atoms with E-state index >= 15 is 0 Å². The van der Waals surface area contributed by atoms with E-state index in [0.29, 0.717) is 11.6 Å². The van der Waals surface area contributed by atoms with Gasteiger partial charge in [0.15, 0.2) is 0 Å². The fraction of sp³-hybridized carbons (Fsp3) is 0.385. The van der Waals surface area contributed by atoms with Crippen molar-refractivity contribution in [1.29, 1.82) is 0 Å². The average Bonchev–Trinajstić information content (AvgIpc) is 3.14. The number of benzene rings is 1. The Morgan fingerprint density at radius 3 is 2.67 bits per heavy atom. The maximum atomic E-state index is 11.9. The Balaban J connectivity index is 2.11. The number of amides is 1. The summed E-state index contributed by atoms with van der Waals surface area (Å²) in [6.07, 6.45) is 2.19. The predicted molar refractivity (Wildman–Crippen MR) is 68.9 cm³/mol. The molecule has 1 aliphatic rings. The second-order valence-corrected chi connectivity index (χ2v) is 5.02. The lowest BCUT2D eigenvalue weighted by Gasteiger charge is -2.11. The molecule has 0 radical (unpaired) electrons. The van der Waals surface area contributed by atoms with Crippen molar-refractivity contribution < 1.29 is 14.7 Å². The molecule has 1 aliphatic carbocycles. The maximum absolute atomic E-state index is 11.9. The summed E-state index contributed by atoms with van der Waals surface area (Å²) in [5, 5.41) is 11.8. The molecule has 2 N–H and O–H groups in total. The molecule has 4 nitrogen and oxygen atoms in total. The highest BCUT2D eigenvalue weighted by atomic mass is 35.5. The van der Waals surface area contributed by atoms with E-state index in [1.54, 1.807) is 6.07 Å². The maximum Gasteiger partial charge on any atom is 0.337 e. The first-order valence-electron chi connectivity index (χ1n) is 5.82. The van der Waals surface area contributed by atoms with Gasteiger partial charge in [0.25, 0.3) is 0 Å². The van der Waals surface area contributed by atoms with Crippen LogP contribution in [0.1, 0.15) is 30.1 Å². The topological polar surface area (TPSA) is 66.4 Å². The summed E-state index contributed by atoms with van der Waals surface area (Å²) in [7, 11) is 0. The van der Waals surface area contributed by atoms with Crippen molar-refractivity contribution in [1.82, 2.24) is 0 Å². The quantitative estimate of drug-likeness (QED) is 0.881. The molecule has 1 aromatic carbocycles. The third kappa shape index (κ3) is 2.82. The van der Waals surface area contributed by atoms with Crippen molar-refractivity contribution in [2.75, 3.05) is 5.32 Å². The van der Waals surface area contributed by atoms with E-state index in [-0.39, 0.29) is 22.4 Å². The highest BCUT2D eigenvalue weighted by Crippen LogP contribution is 2.37. The Bertz CT molecular complexity index is 497. The summed E-state index contributed by atoms with van der Waals surface area (Å²) in [5.74, 6) is -0.743. The number of aromatic carboxylic acids is 1. The predicted octanol–water partition coefficient (Wildman–Crippen LogP) is 3.02. The standard InChI is InChI=1S/C13H14ClNO3/c1-7(8-2-3-8)12(16)15-9-4-5-11(14)10(6-9)13(17)18/h4-8H,2-3H2,1H3,(H,15,16)(H,17,18). The molecule has 96 valence electrons. The van der Waals surface area contributed by atoms with Crippen LogP contribution in [-0.4, -0.2) is 17.0 Å². The fourth-order valence-electron chi connectivity index (χ4n) is 1.83. The first-order chi connectivity index (χ1) is 8.49. The van der Waals surface area contributed by atoms with E-state index in [2.05, 4.69) is 5.32 Å². The molecular weight excluding hydrogens is 254 g/mol. The minimum Gasteiger partial charge on any atom is -0.478 e. The molecule has 0 bridgehead atoms. The molecule has 0 aromatic heterocycles. The fourth-order valence-corrected chi connectivity index (χ4v) is 2.03. The van der Waals surface area contributed by atoms with Crippen LogP contribution in [0.15, 0.2) is 18.2 Å². The molecule has 1 unspecified atom stereocenters. The van der Waals surface area contributed by atoms with Crippen molar-refractivity contribution in [2.24, 2.45) is 11.8 Å². The molecule has 1 saturated carbocycles. The monoisotopic (exact) mass is 267 g/mol. The molecule has 0 saturated heterocycles. The van der Waals surface area contributed by atoms with E-state index in [1.165, 1.54) is 12.1 Å². The molecule has 18 heavy (non-hydrogen) atoms. The second-order valence-electron chi connectivity index (χ2n) is 4.62. The van der Waals surface area contributed by atoms with Gasteiger partial charge in [-0.2, -0.15) is 0 Å². The van der Waals surface area contributed by atoms with Crippen molar-refractivity contribution in [3.05, 3.63) is 28.8 Å². The van der Waals surface area contributed by atoms with Gasteiger partial charge in [0.05, 0.1) is 10.6 Å². The Hall–Kier alpha value is -1.55. The van der Waals surface area contributed by atoms with Crippen LogP contribution in [0.3, 0.4) is 0 Å². The number of hydrogen-bond acceptors (Lipinski definition) is 2. The highest BCUT2D eigenvalue weighted by molar-refractivity contribution is 6.33. The van der Waals surface area contributed by atoms with Gasteiger partial charge < -0.3 is 10.4 Å². The first-order valence-corrected chi connectivity index (χ1v) is 6.20. The average molecular weight is 268 g/mol. The Kier molecular flexibility index (Phi) is 3.57. The lowest BCUT2D eigenvalue weighted by atomic mass is 10.1. The molecule has 1 amide bonds. The molecule has 0 aliphatic heterocycles. The number of rotatable bonds is 4. The zero-order valence-electron chi connectivity index (χ0n) is 9.94. The van der Waals surface area contributed by atoms with Crippen LogP contribution < -0.4 is 5.32 Å². The molecule has 1 atom stereocenters. The SMILES string of the molecule is CC(C(=O)Nc1ccc(Cl)c(C(=O)O)c1)C1CC1. The molecule has 1 fully saturated rings. The van der Waals surface area contributed by atoms with E-state index in [4.69, 9.17) is 16.7 Å². The number of anilines is 1. The van der Waals surface area contributed by atoms with Crippen LogP contribution in [0.25, 0.3) is 0 Å². The third-order valence-electron chi connectivity index (χ3n) is 3.21. The lowest BCUT2D eigenvalue weighted by Crippen LogP contribution is -2.21. The molecule has 5 heteroatoms. The van der Waals surface area contributed by atoms with Gasteiger partial charge in [-0.3, -0.25) is 4.79 Å².